The third-order valence-electron chi connectivity index (χ3n) is 3.80. The van der Waals surface area contributed by atoms with Gasteiger partial charge < -0.3 is 19.5 Å². The molecule has 124 valence electrons. The van der Waals surface area contributed by atoms with Crippen LogP contribution < -0.4 is 19.5 Å². The number of hydrogen-bond acceptors (Lipinski definition) is 4. The van der Waals surface area contributed by atoms with E-state index in [4.69, 9.17) is 25.8 Å². The van der Waals surface area contributed by atoms with Crippen molar-refractivity contribution in [3.63, 3.8) is 0 Å². The van der Waals surface area contributed by atoms with Crippen LogP contribution in [-0.4, -0.2) is 27.2 Å². The Labute approximate surface area is 144 Å². The summed E-state index contributed by atoms with van der Waals surface area (Å²) in [6.45, 7) is 0. The molecule has 0 atom stereocenters. The largest absolute Gasteiger partial charge is 0.493 e. The third-order valence-corrected chi connectivity index (χ3v) is 4.03. The van der Waals surface area contributed by atoms with E-state index in [0.29, 0.717) is 39.1 Å². The van der Waals surface area contributed by atoms with Crippen LogP contribution >= 0.6 is 11.6 Å². The topological polar surface area (TPSA) is 56.8 Å². The highest BCUT2D eigenvalue weighted by Crippen LogP contribution is 2.42. The number of anilines is 1. The van der Waals surface area contributed by atoms with E-state index in [1.54, 1.807) is 38.5 Å². The summed E-state index contributed by atoms with van der Waals surface area (Å²) in [4.78, 5) is 12.3. The Morgan fingerprint density at radius 3 is 2.42 bits per heavy atom. The van der Waals surface area contributed by atoms with Crippen LogP contribution in [0, 0.1) is 0 Å². The lowest BCUT2D eigenvalue weighted by atomic mass is 10.0. The van der Waals surface area contributed by atoms with Crippen molar-refractivity contribution in [2.75, 3.05) is 26.6 Å². The summed E-state index contributed by atoms with van der Waals surface area (Å²) in [5.41, 5.74) is 2.73. The SMILES string of the molecule is COc1ccc(/C=C2/C(=O)Nc3cc(Cl)ccc32)c(OC)c1OC. The maximum Gasteiger partial charge on any atom is 0.256 e. The van der Waals surface area contributed by atoms with Gasteiger partial charge in [-0.1, -0.05) is 17.7 Å². The third kappa shape index (κ3) is 2.67. The Morgan fingerprint density at radius 2 is 1.75 bits per heavy atom. The maximum atomic E-state index is 12.3. The Hall–Kier alpha value is -2.66. The second-order valence-electron chi connectivity index (χ2n) is 5.13. The zero-order valence-electron chi connectivity index (χ0n) is 13.5. The van der Waals surface area contributed by atoms with Crippen LogP contribution in [0.4, 0.5) is 5.69 Å². The molecule has 6 heteroatoms. The van der Waals surface area contributed by atoms with Gasteiger partial charge in [-0.25, -0.2) is 0 Å². The molecule has 2 aromatic rings. The van der Waals surface area contributed by atoms with Crippen LogP contribution in [0.2, 0.25) is 5.02 Å². The average molecular weight is 346 g/mol. The van der Waals surface area contributed by atoms with E-state index in [1.165, 1.54) is 7.11 Å². The molecule has 0 unspecified atom stereocenters. The number of nitrogens with one attached hydrogen (secondary N) is 1. The summed E-state index contributed by atoms with van der Waals surface area (Å²) >= 11 is 5.98. The molecular formula is C18H16ClNO4. The van der Waals surface area contributed by atoms with Crippen molar-refractivity contribution in [1.29, 1.82) is 0 Å². The lowest BCUT2D eigenvalue weighted by Crippen LogP contribution is -2.04. The van der Waals surface area contributed by atoms with Crippen LogP contribution in [0.25, 0.3) is 11.6 Å². The molecule has 0 aliphatic carbocycles. The number of hydrogen-bond donors (Lipinski definition) is 1. The molecule has 1 amide bonds. The van der Waals surface area contributed by atoms with E-state index in [-0.39, 0.29) is 5.91 Å². The van der Waals surface area contributed by atoms with Crippen LogP contribution in [0.5, 0.6) is 17.2 Å². The van der Waals surface area contributed by atoms with Gasteiger partial charge in [0.15, 0.2) is 11.5 Å². The first kappa shape index (κ1) is 16.2. The van der Waals surface area contributed by atoms with Gasteiger partial charge in [-0.15, -0.1) is 0 Å². The van der Waals surface area contributed by atoms with E-state index in [2.05, 4.69) is 5.32 Å². The molecule has 5 nitrogen and oxygen atoms in total. The van der Waals surface area contributed by atoms with Gasteiger partial charge in [0.05, 0.1) is 27.0 Å². The minimum atomic E-state index is -0.191. The minimum absolute atomic E-state index is 0.191. The van der Waals surface area contributed by atoms with Crippen molar-refractivity contribution in [3.8, 4) is 17.2 Å². The fourth-order valence-electron chi connectivity index (χ4n) is 2.70. The van der Waals surface area contributed by atoms with Gasteiger partial charge in [-0.05, 0) is 30.3 Å². The number of methoxy groups -OCH3 is 3. The monoisotopic (exact) mass is 345 g/mol. The first-order chi connectivity index (χ1) is 11.6. The molecule has 0 aromatic heterocycles. The summed E-state index contributed by atoms with van der Waals surface area (Å²) in [6, 6.07) is 8.87. The standard InChI is InChI=1S/C18H16ClNO4/c1-22-15-7-4-10(16(23-2)17(15)24-3)8-13-12-6-5-11(19)9-14(12)20-18(13)21/h4-9H,1-3H3,(H,20,21)/b13-8+. The predicted octanol–water partition coefficient (Wildman–Crippen LogP) is 3.86. The van der Waals surface area contributed by atoms with E-state index >= 15 is 0 Å². The molecule has 1 heterocycles. The molecule has 2 aromatic carbocycles. The minimum Gasteiger partial charge on any atom is -0.493 e. The number of halogens is 1. The Morgan fingerprint density at radius 1 is 1.00 bits per heavy atom. The smallest absolute Gasteiger partial charge is 0.256 e. The quantitative estimate of drug-likeness (QED) is 0.855. The maximum absolute atomic E-state index is 12.3. The zero-order valence-corrected chi connectivity index (χ0v) is 14.2. The molecule has 0 spiro atoms. The van der Waals surface area contributed by atoms with Gasteiger partial charge in [0, 0.05) is 21.7 Å². The predicted molar refractivity (Wildman–Crippen MR) is 94.1 cm³/mol. The van der Waals surface area contributed by atoms with Crippen LogP contribution in [0.3, 0.4) is 0 Å². The van der Waals surface area contributed by atoms with E-state index in [9.17, 15) is 4.79 Å². The zero-order chi connectivity index (χ0) is 17.3. The number of amides is 1. The molecule has 0 saturated carbocycles. The number of benzene rings is 2. The molecule has 1 N–H and O–H groups in total. The second-order valence-corrected chi connectivity index (χ2v) is 5.56. The normalized spacial score (nSPS) is 14.3. The van der Waals surface area contributed by atoms with Crippen LogP contribution in [-0.2, 0) is 4.79 Å². The van der Waals surface area contributed by atoms with Crippen molar-refractivity contribution in [2.24, 2.45) is 0 Å². The number of carbonyl (C=O) groups excluding carboxylic acids is 1. The van der Waals surface area contributed by atoms with Crippen molar-refractivity contribution in [2.45, 2.75) is 0 Å². The highest BCUT2D eigenvalue weighted by molar-refractivity contribution is 6.36. The van der Waals surface area contributed by atoms with Gasteiger partial charge in [-0.3, -0.25) is 4.79 Å². The highest BCUT2D eigenvalue weighted by atomic mass is 35.5. The van der Waals surface area contributed by atoms with E-state index < -0.39 is 0 Å². The van der Waals surface area contributed by atoms with Gasteiger partial charge in [-0.2, -0.15) is 0 Å². The molecule has 3 rings (SSSR count). The second kappa shape index (κ2) is 6.45. The Kier molecular flexibility index (Phi) is 4.36. The molecule has 0 saturated heterocycles. The van der Waals surface area contributed by atoms with E-state index in [0.717, 1.165) is 5.56 Å². The van der Waals surface area contributed by atoms with Crippen molar-refractivity contribution in [1.82, 2.24) is 0 Å². The summed E-state index contributed by atoms with van der Waals surface area (Å²) in [5, 5.41) is 3.38. The average Bonchev–Trinajstić information content (AvgIpc) is 2.88. The first-order valence-corrected chi connectivity index (χ1v) is 7.58. The first-order valence-electron chi connectivity index (χ1n) is 7.21. The van der Waals surface area contributed by atoms with Gasteiger partial charge in [0.1, 0.15) is 0 Å². The summed E-state index contributed by atoms with van der Waals surface area (Å²) in [5.74, 6) is 1.34. The number of fused-ring (bicyclic) bond motifs is 1. The van der Waals surface area contributed by atoms with Crippen LogP contribution in [0.15, 0.2) is 30.3 Å². The van der Waals surface area contributed by atoms with Gasteiger partial charge in [0.2, 0.25) is 5.75 Å². The fourth-order valence-corrected chi connectivity index (χ4v) is 2.88. The van der Waals surface area contributed by atoms with Gasteiger partial charge >= 0.3 is 0 Å². The van der Waals surface area contributed by atoms with E-state index in [1.807, 2.05) is 12.1 Å². The molecule has 0 bridgehead atoms. The summed E-state index contributed by atoms with van der Waals surface area (Å²) in [6.07, 6.45) is 1.76. The number of carbonyl (C=O) groups is 1. The number of rotatable bonds is 4. The van der Waals surface area contributed by atoms with Crippen molar-refractivity contribution < 1.29 is 19.0 Å². The van der Waals surface area contributed by atoms with Crippen molar-refractivity contribution >= 4 is 34.8 Å². The number of ether oxygens (including phenoxy) is 3. The Bertz CT molecular complexity index is 845. The summed E-state index contributed by atoms with van der Waals surface area (Å²) in [7, 11) is 4.64. The van der Waals surface area contributed by atoms with Crippen LogP contribution in [0.1, 0.15) is 11.1 Å². The van der Waals surface area contributed by atoms with Gasteiger partial charge in [0.25, 0.3) is 5.91 Å². The molecule has 1 aliphatic rings. The molecule has 24 heavy (non-hydrogen) atoms. The fraction of sp³-hybridized carbons (Fsp3) is 0.167. The summed E-state index contributed by atoms with van der Waals surface area (Å²) < 4.78 is 16.1. The molecule has 0 fully saturated rings. The Balaban J connectivity index is 2.14. The lowest BCUT2D eigenvalue weighted by molar-refractivity contribution is -0.110. The molecule has 0 radical (unpaired) electrons. The lowest BCUT2D eigenvalue weighted by Gasteiger charge is -2.14. The van der Waals surface area contributed by atoms with Crippen molar-refractivity contribution in [3.05, 3.63) is 46.5 Å². The molecule has 1 aliphatic heterocycles. The highest BCUT2D eigenvalue weighted by Gasteiger charge is 2.25. The molecular weight excluding hydrogens is 330 g/mol.